The van der Waals surface area contributed by atoms with Crippen molar-refractivity contribution in [2.24, 2.45) is 0 Å². The van der Waals surface area contributed by atoms with Crippen LogP contribution < -0.4 is 0 Å². The summed E-state index contributed by atoms with van der Waals surface area (Å²) in [7, 11) is -3.64. The molecule has 0 saturated heterocycles. The van der Waals surface area contributed by atoms with E-state index in [4.69, 9.17) is 9.05 Å². The van der Waals surface area contributed by atoms with Crippen LogP contribution in [-0.2, 0) is 22.9 Å². The Morgan fingerprint density at radius 1 is 1.15 bits per heavy atom. The first-order valence-electron chi connectivity index (χ1n) is 4.19. The number of carbonyl (C=O) groups is 1. The van der Waals surface area contributed by atoms with Crippen molar-refractivity contribution in [2.75, 3.05) is 13.2 Å². The molecule has 0 saturated carbocycles. The van der Waals surface area contributed by atoms with Gasteiger partial charge in [-0.1, -0.05) is 6.92 Å². The minimum absolute atomic E-state index is 0.143. The van der Waals surface area contributed by atoms with Crippen molar-refractivity contribution in [3.05, 3.63) is 0 Å². The minimum atomic E-state index is -3.64. The molecule has 0 spiro atoms. The Kier molecular flexibility index (Phi) is 5.95. The van der Waals surface area contributed by atoms with E-state index in [-0.39, 0.29) is 19.6 Å². The molecular weight excluding hydrogens is 195 g/mol. The van der Waals surface area contributed by atoms with Gasteiger partial charge in [0.2, 0.25) is 0 Å². The van der Waals surface area contributed by atoms with Crippen LogP contribution >= 0.6 is 7.82 Å². The number of phosphoric ester groups is 1. The molecule has 0 aliphatic heterocycles. The highest BCUT2D eigenvalue weighted by Gasteiger charge is 2.29. The molecule has 0 unspecified atom stereocenters. The standard InChI is InChI=1S/C7H15O5P/c1-4-7(8)12-13(9,10-5-2)11-6-3/h4-6H2,1-3H3. The smallest absolute Gasteiger partial charge is 0.370 e. The molecule has 0 N–H and O–H groups in total. The van der Waals surface area contributed by atoms with Gasteiger partial charge in [-0.2, -0.15) is 0 Å². The fourth-order valence-electron chi connectivity index (χ4n) is 0.595. The molecule has 0 radical (unpaired) electrons. The summed E-state index contributed by atoms with van der Waals surface area (Å²) in [5, 5.41) is 0. The molecule has 0 amide bonds. The van der Waals surface area contributed by atoms with E-state index in [1.807, 2.05) is 0 Å². The average molecular weight is 210 g/mol. The Morgan fingerprint density at radius 2 is 1.62 bits per heavy atom. The lowest BCUT2D eigenvalue weighted by Gasteiger charge is -2.14. The van der Waals surface area contributed by atoms with Crippen molar-refractivity contribution in [3.63, 3.8) is 0 Å². The van der Waals surface area contributed by atoms with Gasteiger partial charge in [-0.3, -0.25) is 13.8 Å². The van der Waals surface area contributed by atoms with E-state index >= 15 is 0 Å². The maximum absolute atomic E-state index is 11.5. The van der Waals surface area contributed by atoms with E-state index in [9.17, 15) is 9.36 Å². The molecule has 0 fully saturated rings. The van der Waals surface area contributed by atoms with Crippen molar-refractivity contribution in [2.45, 2.75) is 27.2 Å². The highest BCUT2D eigenvalue weighted by molar-refractivity contribution is 7.49. The van der Waals surface area contributed by atoms with Crippen LogP contribution in [0.25, 0.3) is 0 Å². The van der Waals surface area contributed by atoms with Gasteiger partial charge in [0, 0.05) is 6.42 Å². The van der Waals surface area contributed by atoms with Gasteiger partial charge in [-0.25, -0.2) is 4.57 Å². The normalized spacial score (nSPS) is 11.3. The summed E-state index contributed by atoms with van der Waals surface area (Å²) in [5.74, 6) is -0.592. The lowest BCUT2D eigenvalue weighted by atomic mass is 10.5. The largest absolute Gasteiger partial charge is 0.532 e. The van der Waals surface area contributed by atoms with Gasteiger partial charge < -0.3 is 4.52 Å². The van der Waals surface area contributed by atoms with Crippen LogP contribution in [0, 0.1) is 0 Å². The summed E-state index contributed by atoms with van der Waals surface area (Å²) >= 11 is 0. The van der Waals surface area contributed by atoms with Crippen LogP contribution in [0.15, 0.2) is 0 Å². The molecule has 0 aromatic carbocycles. The summed E-state index contributed by atoms with van der Waals surface area (Å²) in [4.78, 5) is 10.8. The lowest BCUT2D eigenvalue weighted by molar-refractivity contribution is -0.135. The van der Waals surface area contributed by atoms with Crippen LogP contribution in [0.1, 0.15) is 27.2 Å². The Morgan fingerprint density at radius 3 is 1.92 bits per heavy atom. The van der Waals surface area contributed by atoms with E-state index in [0.717, 1.165) is 0 Å². The Labute approximate surface area is 78.0 Å². The second-order valence-corrected chi connectivity index (χ2v) is 3.69. The van der Waals surface area contributed by atoms with E-state index in [2.05, 4.69) is 4.52 Å². The van der Waals surface area contributed by atoms with Crippen LogP contribution in [0.3, 0.4) is 0 Å². The molecule has 78 valence electrons. The highest BCUT2D eigenvalue weighted by atomic mass is 31.2. The average Bonchev–Trinajstić information content (AvgIpc) is 2.04. The number of phosphoric acid groups is 1. The molecule has 0 aliphatic carbocycles. The second-order valence-electron chi connectivity index (χ2n) is 2.10. The molecule has 6 heteroatoms. The number of hydrogen-bond acceptors (Lipinski definition) is 5. The molecule has 0 atom stereocenters. The predicted octanol–water partition coefficient (Wildman–Crippen LogP) is 2.12. The van der Waals surface area contributed by atoms with E-state index < -0.39 is 13.8 Å². The van der Waals surface area contributed by atoms with E-state index in [1.54, 1.807) is 20.8 Å². The summed E-state index contributed by atoms with van der Waals surface area (Å²) in [6.45, 7) is 5.24. The summed E-state index contributed by atoms with van der Waals surface area (Å²) in [5.41, 5.74) is 0. The number of rotatable bonds is 6. The van der Waals surface area contributed by atoms with Crippen LogP contribution in [0.5, 0.6) is 0 Å². The molecule has 0 aromatic rings. The van der Waals surface area contributed by atoms with Gasteiger partial charge in [-0.05, 0) is 13.8 Å². The van der Waals surface area contributed by atoms with Gasteiger partial charge in [-0.15, -0.1) is 0 Å². The fraction of sp³-hybridized carbons (Fsp3) is 0.857. The summed E-state index contributed by atoms with van der Waals surface area (Å²) < 4.78 is 25.5. The maximum Gasteiger partial charge on any atom is 0.532 e. The number of hydrogen-bond donors (Lipinski definition) is 0. The van der Waals surface area contributed by atoms with Gasteiger partial charge in [0.05, 0.1) is 13.2 Å². The molecule has 0 aromatic heterocycles. The van der Waals surface area contributed by atoms with Crippen molar-refractivity contribution in [3.8, 4) is 0 Å². The maximum atomic E-state index is 11.5. The van der Waals surface area contributed by atoms with E-state index in [0.29, 0.717) is 0 Å². The molecule has 13 heavy (non-hydrogen) atoms. The minimum Gasteiger partial charge on any atom is -0.370 e. The number of carbonyl (C=O) groups excluding carboxylic acids is 1. The molecule has 0 rings (SSSR count). The quantitative estimate of drug-likeness (QED) is 0.628. The first-order chi connectivity index (χ1) is 6.08. The zero-order valence-electron chi connectivity index (χ0n) is 8.11. The van der Waals surface area contributed by atoms with Crippen molar-refractivity contribution >= 4 is 13.8 Å². The molecular formula is C7H15O5P. The fourth-order valence-corrected chi connectivity index (χ4v) is 1.79. The summed E-state index contributed by atoms with van der Waals surface area (Å²) in [6.07, 6.45) is 0.143. The van der Waals surface area contributed by atoms with Gasteiger partial charge in [0.25, 0.3) is 0 Å². The first-order valence-corrected chi connectivity index (χ1v) is 5.65. The predicted molar refractivity (Wildman–Crippen MR) is 47.2 cm³/mol. The van der Waals surface area contributed by atoms with Gasteiger partial charge in [0.1, 0.15) is 0 Å². The van der Waals surface area contributed by atoms with Gasteiger partial charge >= 0.3 is 13.8 Å². The van der Waals surface area contributed by atoms with Crippen molar-refractivity contribution in [1.82, 2.24) is 0 Å². The first kappa shape index (κ1) is 12.6. The molecule has 5 nitrogen and oxygen atoms in total. The Bertz CT molecular complexity index is 193. The Hall–Kier alpha value is -0.380. The van der Waals surface area contributed by atoms with E-state index in [1.165, 1.54) is 0 Å². The Balaban J connectivity index is 4.23. The zero-order valence-corrected chi connectivity index (χ0v) is 9.00. The summed E-state index contributed by atoms with van der Waals surface area (Å²) in [6, 6.07) is 0. The lowest BCUT2D eigenvalue weighted by Crippen LogP contribution is -2.05. The van der Waals surface area contributed by atoms with Crippen LogP contribution in [0.2, 0.25) is 0 Å². The monoisotopic (exact) mass is 210 g/mol. The topological polar surface area (TPSA) is 61.8 Å². The van der Waals surface area contributed by atoms with Crippen molar-refractivity contribution < 1.29 is 22.9 Å². The molecule has 0 bridgehead atoms. The zero-order chi connectivity index (χ0) is 10.3. The van der Waals surface area contributed by atoms with Crippen molar-refractivity contribution in [1.29, 1.82) is 0 Å². The highest BCUT2D eigenvalue weighted by Crippen LogP contribution is 2.49. The van der Waals surface area contributed by atoms with Gasteiger partial charge in [0.15, 0.2) is 0 Å². The second kappa shape index (κ2) is 6.13. The van der Waals surface area contributed by atoms with Crippen LogP contribution in [-0.4, -0.2) is 19.2 Å². The SMILES string of the molecule is CCOP(=O)(OCC)OC(=O)CC. The molecule has 0 aliphatic rings. The third kappa shape index (κ3) is 5.03. The van der Waals surface area contributed by atoms with Crippen LogP contribution in [0.4, 0.5) is 0 Å². The molecule has 0 heterocycles. The third-order valence-corrected chi connectivity index (χ3v) is 2.65. The third-order valence-electron chi connectivity index (χ3n) is 1.08.